The number of carboxylic acids is 1. The number of carboxylic acid groups (broad SMARTS) is 1. The first kappa shape index (κ1) is 9.14. The van der Waals surface area contributed by atoms with Crippen molar-refractivity contribution < 1.29 is 24.9 Å². The molecule has 18 heavy (non-hydrogen) atoms. The van der Waals surface area contributed by atoms with Crippen LogP contribution in [0.1, 0.15) is 52.9 Å². The van der Waals surface area contributed by atoms with Crippen molar-refractivity contribution in [2.45, 2.75) is 26.7 Å². The summed E-state index contributed by atoms with van der Waals surface area (Å²) in [5, 5.41) is 9.12. The van der Waals surface area contributed by atoms with Crippen LogP contribution in [0, 0.1) is 5.92 Å². The molecule has 0 aliphatic rings. The van der Waals surface area contributed by atoms with Crippen molar-refractivity contribution in [3.8, 4) is 0 Å². The third-order valence-electron chi connectivity index (χ3n) is 2.26. The van der Waals surface area contributed by atoms with Gasteiger partial charge in [-0.1, -0.05) is 25.9 Å². The van der Waals surface area contributed by atoms with Crippen LogP contribution in [0.3, 0.4) is 0 Å². The van der Waals surface area contributed by atoms with Gasteiger partial charge in [0.05, 0.1) is 23.2 Å². The predicted octanol–water partition coefficient (Wildman–Crippen LogP) is 2.98. The lowest BCUT2D eigenvalue weighted by Crippen LogP contribution is -2.12. The highest BCUT2D eigenvalue weighted by molar-refractivity contribution is 6.02. The number of ether oxygens (including phenoxy) is 1. The molecule has 1 aromatic rings. The minimum Gasteiger partial charge on any atom is -0.478 e. The molecule has 0 spiro atoms. The maximum absolute atomic E-state index is 12.0. The average Bonchev–Trinajstić information content (AvgIpc) is 2.44. The third-order valence-corrected chi connectivity index (χ3v) is 2.26. The zero-order valence-corrected chi connectivity index (χ0v) is 10.4. The van der Waals surface area contributed by atoms with Crippen LogP contribution >= 0.6 is 0 Å². The van der Waals surface area contributed by atoms with Crippen molar-refractivity contribution in [1.29, 1.82) is 0 Å². The van der Waals surface area contributed by atoms with Crippen molar-refractivity contribution >= 4 is 11.9 Å². The van der Waals surface area contributed by atoms with Crippen LogP contribution in [0.2, 0.25) is 0 Å². The smallest absolute Gasteiger partial charge is 0.339 e. The molecule has 1 aromatic carbocycles. The van der Waals surface area contributed by atoms with E-state index < -0.39 is 47.2 Å². The molecule has 0 radical (unpaired) electrons. The third kappa shape index (κ3) is 4.20. The molecular weight excluding hydrogens is 232 g/mol. The highest BCUT2D eigenvalue weighted by Crippen LogP contribution is 2.11. The van der Waals surface area contributed by atoms with Gasteiger partial charge < -0.3 is 9.84 Å². The fourth-order valence-corrected chi connectivity index (χ4v) is 1.35. The minimum atomic E-state index is -1.60. The molecule has 0 heterocycles. The first-order valence-corrected chi connectivity index (χ1v) is 5.69. The molecule has 0 unspecified atom stereocenters. The standard InChI is InChI=1S/C14H18O4/c1-10(2)6-5-9-18-14(17)12-8-4-3-7-11(12)13(15)16/h3-4,7-8,10H,5-6,9H2,1-2H3,(H,15,16)/i3D,4D,7D,8D. The van der Waals surface area contributed by atoms with Crippen LogP contribution < -0.4 is 0 Å². The van der Waals surface area contributed by atoms with E-state index in [1.807, 2.05) is 13.8 Å². The molecule has 0 fully saturated rings. The molecule has 4 heteroatoms. The quantitative estimate of drug-likeness (QED) is 0.626. The molecule has 98 valence electrons. The lowest BCUT2D eigenvalue weighted by molar-refractivity contribution is 0.0484. The second kappa shape index (κ2) is 6.79. The topological polar surface area (TPSA) is 63.6 Å². The number of hydrogen-bond acceptors (Lipinski definition) is 3. The molecule has 0 bridgehead atoms. The lowest BCUT2D eigenvalue weighted by atomic mass is 10.1. The summed E-state index contributed by atoms with van der Waals surface area (Å²) in [7, 11) is 0. The van der Waals surface area contributed by atoms with E-state index in [1.54, 1.807) is 0 Å². The van der Waals surface area contributed by atoms with Gasteiger partial charge in [0.25, 0.3) is 0 Å². The van der Waals surface area contributed by atoms with Gasteiger partial charge in [0.15, 0.2) is 0 Å². The number of carbonyl (C=O) groups excluding carboxylic acids is 1. The Morgan fingerprint density at radius 1 is 1.33 bits per heavy atom. The fourth-order valence-electron chi connectivity index (χ4n) is 1.35. The summed E-state index contributed by atoms with van der Waals surface area (Å²) in [4.78, 5) is 23.2. The van der Waals surface area contributed by atoms with E-state index in [0.29, 0.717) is 12.3 Å². The summed E-state index contributed by atoms with van der Waals surface area (Å²) in [5.74, 6) is -2.21. The van der Waals surface area contributed by atoms with Crippen molar-refractivity contribution in [2.75, 3.05) is 6.61 Å². The summed E-state index contributed by atoms with van der Waals surface area (Å²) >= 11 is 0. The van der Waals surface area contributed by atoms with Crippen molar-refractivity contribution in [1.82, 2.24) is 0 Å². The minimum absolute atomic E-state index is 0.0683. The fraction of sp³-hybridized carbons (Fsp3) is 0.429. The maximum Gasteiger partial charge on any atom is 0.339 e. The van der Waals surface area contributed by atoms with Gasteiger partial charge in [0, 0.05) is 0 Å². The highest BCUT2D eigenvalue weighted by Gasteiger charge is 2.16. The first-order valence-electron chi connectivity index (χ1n) is 7.69. The molecule has 0 aliphatic heterocycles. The van der Waals surface area contributed by atoms with Gasteiger partial charge in [-0.25, -0.2) is 9.59 Å². The molecule has 1 N–H and O–H groups in total. The molecule has 0 saturated heterocycles. The Balaban J connectivity index is 3.12. The number of rotatable bonds is 6. The second-order valence-corrected chi connectivity index (χ2v) is 4.23. The normalized spacial score (nSPS) is 13.5. The summed E-state index contributed by atoms with van der Waals surface area (Å²) in [6.07, 6.45) is 1.42. The number of carbonyl (C=O) groups is 2. The zero-order chi connectivity index (χ0) is 17.0. The molecule has 0 atom stereocenters. The van der Waals surface area contributed by atoms with Crippen molar-refractivity contribution in [2.24, 2.45) is 5.92 Å². The zero-order valence-electron chi connectivity index (χ0n) is 14.4. The molecule has 0 aromatic heterocycles. The Labute approximate surface area is 112 Å². The van der Waals surface area contributed by atoms with Crippen LogP contribution in [0.5, 0.6) is 0 Å². The Hall–Kier alpha value is -1.84. The summed E-state index contributed by atoms with van der Waals surface area (Å²) < 4.78 is 35.2. The monoisotopic (exact) mass is 254 g/mol. The largest absolute Gasteiger partial charge is 0.478 e. The maximum atomic E-state index is 12.0. The van der Waals surface area contributed by atoms with Gasteiger partial charge in [-0.05, 0) is 30.8 Å². The van der Waals surface area contributed by atoms with E-state index in [9.17, 15) is 9.59 Å². The van der Waals surface area contributed by atoms with E-state index in [-0.39, 0.29) is 6.61 Å². The Kier molecular flexibility index (Phi) is 3.45. The van der Waals surface area contributed by atoms with Gasteiger partial charge in [-0.2, -0.15) is 0 Å². The SMILES string of the molecule is [2H]c1c([2H])c([2H])c(C(=O)OCCCC(C)C)c(C(=O)O)c1[2H]. The average molecular weight is 254 g/mol. The van der Waals surface area contributed by atoms with E-state index in [0.717, 1.165) is 6.42 Å². The summed E-state index contributed by atoms with van der Waals surface area (Å²) in [5.41, 5.74) is -1.40. The Bertz CT molecular complexity index is 599. The molecule has 0 aliphatic carbocycles. The first-order chi connectivity index (χ1) is 10.2. The molecule has 4 nitrogen and oxygen atoms in total. The number of aromatic carboxylic acids is 1. The van der Waals surface area contributed by atoms with Gasteiger partial charge in [-0.15, -0.1) is 0 Å². The van der Waals surface area contributed by atoms with Gasteiger partial charge in [0.2, 0.25) is 0 Å². The lowest BCUT2D eigenvalue weighted by Gasteiger charge is -2.08. The predicted molar refractivity (Wildman–Crippen MR) is 67.8 cm³/mol. The van der Waals surface area contributed by atoms with Gasteiger partial charge in [0.1, 0.15) is 0 Å². The Morgan fingerprint density at radius 2 is 1.94 bits per heavy atom. The molecular formula is C14H18O4. The highest BCUT2D eigenvalue weighted by atomic mass is 16.5. The van der Waals surface area contributed by atoms with E-state index >= 15 is 0 Å². The van der Waals surface area contributed by atoms with E-state index in [1.165, 1.54) is 0 Å². The van der Waals surface area contributed by atoms with Crippen LogP contribution in [0.15, 0.2) is 24.2 Å². The van der Waals surface area contributed by atoms with Crippen LogP contribution in [-0.2, 0) is 4.74 Å². The molecule has 1 rings (SSSR count). The second-order valence-electron chi connectivity index (χ2n) is 4.23. The summed E-state index contributed by atoms with van der Waals surface area (Å²) in [6, 6.07) is -2.82. The number of hydrogen-bond donors (Lipinski definition) is 1. The Morgan fingerprint density at radius 3 is 2.50 bits per heavy atom. The van der Waals surface area contributed by atoms with Gasteiger partial charge in [-0.3, -0.25) is 0 Å². The number of esters is 1. The molecule has 0 saturated carbocycles. The van der Waals surface area contributed by atoms with Crippen LogP contribution in [0.25, 0.3) is 0 Å². The molecule has 0 amide bonds. The van der Waals surface area contributed by atoms with Crippen LogP contribution in [0.4, 0.5) is 0 Å². The number of benzene rings is 1. The van der Waals surface area contributed by atoms with E-state index in [2.05, 4.69) is 0 Å². The van der Waals surface area contributed by atoms with Crippen molar-refractivity contribution in [3.63, 3.8) is 0 Å². The van der Waals surface area contributed by atoms with Crippen molar-refractivity contribution in [3.05, 3.63) is 35.3 Å². The van der Waals surface area contributed by atoms with Crippen LogP contribution in [-0.4, -0.2) is 23.7 Å². The summed E-state index contributed by atoms with van der Waals surface area (Å²) in [6.45, 7) is 4.09. The van der Waals surface area contributed by atoms with Gasteiger partial charge >= 0.3 is 11.9 Å². The van der Waals surface area contributed by atoms with E-state index in [4.69, 9.17) is 15.3 Å².